The number of carbonyl (C=O) groups is 1. The van der Waals surface area contributed by atoms with Crippen molar-refractivity contribution < 1.29 is 9.53 Å². The predicted octanol–water partition coefficient (Wildman–Crippen LogP) is 1.96. The van der Waals surface area contributed by atoms with E-state index < -0.39 is 0 Å². The fourth-order valence-corrected chi connectivity index (χ4v) is 2.96. The lowest BCUT2D eigenvalue weighted by Crippen LogP contribution is -2.42. The Hall–Kier alpha value is -0.410. The highest BCUT2D eigenvalue weighted by atomic mass is 16.5. The Morgan fingerprint density at radius 2 is 2.06 bits per heavy atom. The van der Waals surface area contributed by atoms with E-state index in [9.17, 15) is 4.79 Å². The van der Waals surface area contributed by atoms with Gasteiger partial charge in [-0.2, -0.15) is 0 Å². The number of rotatable bonds is 3. The molecule has 1 unspecified atom stereocenters. The van der Waals surface area contributed by atoms with Gasteiger partial charge in [0.15, 0.2) is 0 Å². The maximum Gasteiger partial charge on any atom is 0.141 e. The molecule has 1 atom stereocenters. The second kappa shape index (κ2) is 5.96. The Morgan fingerprint density at radius 1 is 1.35 bits per heavy atom. The molecular weight excluding hydrogens is 214 g/mol. The fourth-order valence-electron chi connectivity index (χ4n) is 2.96. The molecule has 2 rings (SSSR count). The summed E-state index contributed by atoms with van der Waals surface area (Å²) in [6.07, 6.45) is 3.20. The molecule has 0 aromatic carbocycles. The Bertz CT molecular complexity index is 257. The number of hydrogen-bond acceptors (Lipinski definition) is 3. The van der Waals surface area contributed by atoms with Crippen LogP contribution in [0.1, 0.15) is 33.1 Å². The summed E-state index contributed by atoms with van der Waals surface area (Å²) in [5.74, 6) is 2.22. The summed E-state index contributed by atoms with van der Waals surface area (Å²) in [5.41, 5.74) is 0. The number of nitrogens with zero attached hydrogens (tertiary/aromatic N) is 1. The Kier molecular flexibility index (Phi) is 4.57. The summed E-state index contributed by atoms with van der Waals surface area (Å²) in [6, 6.07) is 0. The van der Waals surface area contributed by atoms with Gasteiger partial charge >= 0.3 is 0 Å². The fraction of sp³-hybridized carbons (Fsp3) is 0.929. The Labute approximate surface area is 105 Å². The molecule has 0 aliphatic carbocycles. The van der Waals surface area contributed by atoms with Gasteiger partial charge in [0.1, 0.15) is 5.78 Å². The van der Waals surface area contributed by atoms with Gasteiger partial charge in [0, 0.05) is 13.0 Å². The Morgan fingerprint density at radius 3 is 2.65 bits per heavy atom. The van der Waals surface area contributed by atoms with Crippen LogP contribution in [0.5, 0.6) is 0 Å². The quantitative estimate of drug-likeness (QED) is 0.754. The highest BCUT2D eigenvalue weighted by Crippen LogP contribution is 2.25. The number of Topliss-reactive ketones (excluding diaryl/α,β-unsaturated/α-hetero) is 1. The first-order valence-electron chi connectivity index (χ1n) is 6.99. The van der Waals surface area contributed by atoms with E-state index in [1.165, 1.54) is 12.8 Å². The van der Waals surface area contributed by atoms with Crippen LogP contribution in [-0.4, -0.2) is 43.5 Å². The zero-order valence-corrected chi connectivity index (χ0v) is 11.2. The molecule has 2 aliphatic heterocycles. The smallest absolute Gasteiger partial charge is 0.141 e. The average molecular weight is 239 g/mol. The summed E-state index contributed by atoms with van der Waals surface area (Å²) in [7, 11) is 0. The van der Waals surface area contributed by atoms with Crippen LogP contribution >= 0.6 is 0 Å². The lowest BCUT2D eigenvalue weighted by Gasteiger charge is -2.36. The van der Waals surface area contributed by atoms with E-state index in [0.29, 0.717) is 25.4 Å². The van der Waals surface area contributed by atoms with Crippen molar-refractivity contribution in [3.05, 3.63) is 0 Å². The van der Waals surface area contributed by atoms with Gasteiger partial charge in [-0.15, -0.1) is 0 Å². The summed E-state index contributed by atoms with van der Waals surface area (Å²) >= 11 is 0. The molecule has 0 N–H and O–H groups in total. The lowest BCUT2D eigenvalue weighted by molar-refractivity contribution is -0.131. The maximum atomic E-state index is 11.7. The van der Waals surface area contributed by atoms with Crippen LogP contribution in [-0.2, 0) is 9.53 Å². The number of hydrogen-bond donors (Lipinski definition) is 0. The van der Waals surface area contributed by atoms with Crippen molar-refractivity contribution >= 4 is 5.78 Å². The second-order valence-corrected chi connectivity index (χ2v) is 5.87. The molecule has 3 nitrogen and oxygen atoms in total. The molecule has 0 aromatic heterocycles. The molecule has 0 spiro atoms. The van der Waals surface area contributed by atoms with Crippen LogP contribution in [0, 0.1) is 17.8 Å². The van der Waals surface area contributed by atoms with Gasteiger partial charge in [-0.3, -0.25) is 4.79 Å². The minimum absolute atomic E-state index is 0.138. The highest BCUT2D eigenvalue weighted by molar-refractivity contribution is 5.82. The van der Waals surface area contributed by atoms with Gasteiger partial charge in [-0.1, -0.05) is 13.8 Å². The van der Waals surface area contributed by atoms with Gasteiger partial charge in [0.25, 0.3) is 0 Å². The lowest BCUT2D eigenvalue weighted by atomic mass is 9.86. The van der Waals surface area contributed by atoms with Gasteiger partial charge < -0.3 is 9.64 Å². The monoisotopic (exact) mass is 239 g/mol. The van der Waals surface area contributed by atoms with Gasteiger partial charge in [-0.05, 0) is 37.8 Å². The van der Waals surface area contributed by atoms with Gasteiger partial charge in [0.2, 0.25) is 0 Å². The average Bonchev–Trinajstić information content (AvgIpc) is 2.33. The zero-order valence-electron chi connectivity index (χ0n) is 11.2. The SMILES string of the molecule is CC(C)C1CCN(CC2COCCC2=O)CC1. The van der Waals surface area contributed by atoms with E-state index in [-0.39, 0.29) is 5.92 Å². The van der Waals surface area contributed by atoms with Crippen molar-refractivity contribution in [3.63, 3.8) is 0 Å². The van der Waals surface area contributed by atoms with Crippen LogP contribution in [0.4, 0.5) is 0 Å². The van der Waals surface area contributed by atoms with Crippen molar-refractivity contribution in [1.82, 2.24) is 4.90 Å². The number of carbonyl (C=O) groups excluding carboxylic acids is 1. The largest absolute Gasteiger partial charge is 0.380 e. The second-order valence-electron chi connectivity index (χ2n) is 5.87. The normalized spacial score (nSPS) is 28.9. The third-order valence-electron chi connectivity index (χ3n) is 4.32. The number of piperidine rings is 1. The molecule has 2 heterocycles. The molecule has 0 bridgehead atoms. The molecule has 2 saturated heterocycles. The summed E-state index contributed by atoms with van der Waals surface area (Å²) < 4.78 is 5.41. The first-order valence-corrected chi connectivity index (χ1v) is 6.99. The molecule has 2 fully saturated rings. The van der Waals surface area contributed by atoms with E-state index >= 15 is 0 Å². The molecule has 0 aromatic rings. The van der Waals surface area contributed by atoms with Crippen molar-refractivity contribution in [2.45, 2.75) is 33.1 Å². The number of ketones is 1. The van der Waals surface area contributed by atoms with E-state index in [0.717, 1.165) is 31.5 Å². The number of ether oxygens (including phenoxy) is 1. The molecule has 0 amide bonds. The standard InChI is InChI=1S/C14H25NO2/c1-11(2)12-3-6-15(7-4-12)9-13-10-17-8-5-14(13)16/h11-13H,3-10H2,1-2H3. The molecule has 3 heteroatoms. The molecular formula is C14H25NO2. The first kappa shape index (κ1) is 13.0. The molecule has 17 heavy (non-hydrogen) atoms. The predicted molar refractivity (Wildman–Crippen MR) is 67.9 cm³/mol. The van der Waals surface area contributed by atoms with Crippen molar-refractivity contribution in [2.24, 2.45) is 17.8 Å². The third-order valence-corrected chi connectivity index (χ3v) is 4.32. The summed E-state index contributed by atoms with van der Waals surface area (Å²) in [5, 5.41) is 0. The van der Waals surface area contributed by atoms with Gasteiger partial charge in [0.05, 0.1) is 19.1 Å². The van der Waals surface area contributed by atoms with Crippen molar-refractivity contribution in [3.8, 4) is 0 Å². The van der Waals surface area contributed by atoms with E-state index in [4.69, 9.17) is 4.74 Å². The van der Waals surface area contributed by atoms with E-state index in [1.807, 2.05) is 0 Å². The minimum atomic E-state index is 0.138. The molecule has 0 radical (unpaired) electrons. The minimum Gasteiger partial charge on any atom is -0.380 e. The maximum absolute atomic E-state index is 11.7. The van der Waals surface area contributed by atoms with Gasteiger partial charge in [-0.25, -0.2) is 0 Å². The van der Waals surface area contributed by atoms with Crippen LogP contribution < -0.4 is 0 Å². The van der Waals surface area contributed by atoms with Crippen LogP contribution in [0.15, 0.2) is 0 Å². The van der Waals surface area contributed by atoms with Crippen LogP contribution in [0.3, 0.4) is 0 Å². The number of likely N-dealkylation sites (tertiary alicyclic amines) is 1. The van der Waals surface area contributed by atoms with Crippen LogP contribution in [0.2, 0.25) is 0 Å². The topological polar surface area (TPSA) is 29.5 Å². The Balaban J connectivity index is 1.75. The van der Waals surface area contributed by atoms with Crippen molar-refractivity contribution in [2.75, 3.05) is 32.8 Å². The molecule has 0 saturated carbocycles. The zero-order chi connectivity index (χ0) is 12.3. The van der Waals surface area contributed by atoms with E-state index in [2.05, 4.69) is 18.7 Å². The molecule has 2 aliphatic rings. The third kappa shape index (κ3) is 3.52. The first-order chi connectivity index (χ1) is 8.16. The summed E-state index contributed by atoms with van der Waals surface area (Å²) in [4.78, 5) is 14.2. The van der Waals surface area contributed by atoms with Crippen LogP contribution in [0.25, 0.3) is 0 Å². The molecule has 98 valence electrons. The highest BCUT2D eigenvalue weighted by Gasteiger charge is 2.28. The van der Waals surface area contributed by atoms with E-state index in [1.54, 1.807) is 0 Å². The van der Waals surface area contributed by atoms with Crippen molar-refractivity contribution in [1.29, 1.82) is 0 Å². The summed E-state index contributed by atoms with van der Waals surface area (Å²) in [6.45, 7) is 9.15.